The van der Waals surface area contributed by atoms with E-state index in [0.29, 0.717) is 0 Å². The quantitative estimate of drug-likeness (QED) is 0.163. The van der Waals surface area contributed by atoms with Crippen LogP contribution in [0.3, 0.4) is 0 Å². The Balaban J connectivity index is 1.19. The smallest absolute Gasteiger partial charge is 0.137 e. The van der Waals surface area contributed by atoms with Gasteiger partial charge in [0.25, 0.3) is 0 Å². The van der Waals surface area contributed by atoms with Crippen molar-refractivity contribution in [2.45, 2.75) is 9.79 Å². The zero-order chi connectivity index (χ0) is 35.8. The summed E-state index contributed by atoms with van der Waals surface area (Å²) in [6, 6.07) is 76.3. The minimum absolute atomic E-state index is 1.10. The molecule has 0 spiro atoms. The molecule has 0 atom stereocenters. The summed E-state index contributed by atoms with van der Waals surface area (Å²) >= 11 is 1.86. The van der Waals surface area contributed by atoms with Gasteiger partial charge < -0.3 is 4.90 Å². The molecule has 0 saturated heterocycles. The summed E-state index contributed by atoms with van der Waals surface area (Å²) in [5.41, 5.74) is 12.6. The first-order valence-corrected chi connectivity index (χ1v) is 19.1. The minimum Gasteiger partial charge on any atom is -0.310 e. The third-order valence-corrected chi connectivity index (χ3v) is 11.3. The van der Waals surface area contributed by atoms with Crippen LogP contribution < -0.4 is 9.80 Å². The van der Waals surface area contributed by atoms with Crippen molar-refractivity contribution < 1.29 is 0 Å². The van der Waals surface area contributed by atoms with Gasteiger partial charge in [-0.25, -0.2) is 0 Å². The third kappa shape index (κ3) is 5.65. The lowest BCUT2D eigenvalue weighted by atomic mass is 9.97. The van der Waals surface area contributed by atoms with Crippen molar-refractivity contribution in [1.82, 2.24) is 4.57 Å². The van der Waals surface area contributed by atoms with E-state index in [4.69, 9.17) is 0 Å². The summed E-state index contributed by atoms with van der Waals surface area (Å²) in [7, 11) is 0. The Hall–Kier alpha value is -6.75. The first-order chi connectivity index (χ1) is 26.8. The van der Waals surface area contributed by atoms with E-state index in [1.54, 1.807) is 0 Å². The Morgan fingerprint density at radius 2 is 0.926 bits per heavy atom. The van der Waals surface area contributed by atoms with Gasteiger partial charge in [-0.05, 0) is 101 Å². The van der Waals surface area contributed by atoms with Gasteiger partial charge >= 0.3 is 0 Å². The fourth-order valence-electron chi connectivity index (χ4n) is 7.67. The van der Waals surface area contributed by atoms with Gasteiger partial charge in [0.2, 0.25) is 0 Å². The SMILES string of the molecule is c1ccc(-c2cc(-c3ccccc3)cc(N(c3ccccc3)c3ccc4c(c3)Sc3c(n(-c5ccccc5)c5ccccc35)N4c3ccccc3)c2)cc1. The van der Waals surface area contributed by atoms with Gasteiger partial charge in [0.15, 0.2) is 0 Å². The minimum atomic E-state index is 1.10. The van der Waals surface area contributed by atoms with Crippen LogP contribution in [0.2, 0.25) is 0 Å². The molecule has 3 nitrogen and oxygen atoms in total. The van der Waals surface area contributed by atoms with E-state index in [0.717, 1.165) is 39.9 Å². The molecule has 1 aromatic heterocycles. The predicted octanol–water partition coefficient (Wildman–Crippen LogP) is 14.4. The zero-order valence-electron chi connectivity index (χ0n) is 29.5. The van der Waals surface area contributed by atoms with Crippen molar-refractivity contribution in [3.63, 3.8) is 0 Å². The molecule has 2 heterocycles. The van der Waals surface area contributed by atoms with Crippen molar-refractivity contribution >= 4 is 56.9 Å². The number of para-hydroxylation sites is 4. The lowest BCUT2D eigenvalue weighted by Crippen LogP contribution is -2.18. The molecule has 1 aliphatic rings. The highest BCUT2D eigenvalue weighted by molar-refractivity contribution is 8.00. The molecule has 0 saturated carbocycles. The lowest BCUT2D eigenvalue weighted by molar-refractivity contribution is 1.03. The van der Waals surface area contributed by atoms with Crippen molar-refractivity contribution in [2.75, 3.05) is 9.80 Å². The van der Waals surface area contributed by atoms with Crippen LogP contribution in [-0.2, 0) is 0 Å². The molecule has 0 unspecified atom stereocenters. The normalized spacial score (nSPS) is 12.0. The molecule has 54 heavy (non-hydrogen) atoms. The molecule has 0 amide bonds. The average Bonchev–Trinajstić information content (AvgIpc) is 3.58. The summed E-state index contributed by atoms with van der Waals surface area (Å²) < 4.78 is 2.41. The number of anilines is 6. The Morgan fingerprint density at radius 3 is 1.56 bits per heavy atom. The zero-order valence-corrected chi connectivity index (χ0v) is 30.3. The summed E-state index contributed by atoms with van der Waals surface area (Å²) in [5.74, 6) is 1.15. The molecule has 9 aromatic rings. The Bertz CT molecular complexity index is 2670. The van der Waals surface area contributed by atoms with Crippen LogP contribution in [0.15, 0.2) is 222 Å². The monoisotopic (exact) mass is 709 g/mol. The second-order valence-corrected chi connectivity index (χ2v) is 14.5. The van der Waals surface area contributed by atoms with Gasteiger partial charge in [0, 0.05) is 38.7 Å². The maximum absolute atomic E-state index is 2.44. The number of aromatic nitrogens is 1. The van der Waals surface area contributed by atoms with Crippen molar-refractivity contribution in [3.8, 4) is 27.9 Å². The summed E-state index contributed by atoms with van der Waals surface area (Å²) in [4.78, 5) is 7.28. The molecule has 0 bridgehead atoms. The van der Waals surface area contributed by atoms with E-state index in [2.05, 4.69) is 227 Å². The van der Waals surface area contributed by atoms with E-state index in [1.807, 2.05) is 11.8 Å². The molecule has 0 fully saturated rings. The Kier molecular flexibility index (Phi) is 8.08. The fourth-order valence-corrected chi connectivity index (χ4v) is 8.89. The van der Waals surface area contributed by atoms with Crippen LogP contribution >= 0.6 is 11.8 Å². The molecule has 256 valence electrons. The number of hydrogen-bond donors (Lipinski definition) is 0. The number of hydrogen-bond acceptors (Lipinski definition) is 3. The standard InChI is InChI=1S/C50H35N3S/c1-6-18-36(19-7-1)38-32-39(37-20-8-2-9-21-37)34-44(33-38)51(40-22-10-3-11-23-40)43-30-31-47-48(35-43)54-49-45-28-16-17-29-46(45)52(41-24-12-4-13-25-41)50(49)53(47)42-26-14-5-15-27-42/h1-35H. The first-order valence-electron chi connectivity index (χ1n) is 18.3. The lowest BCUT2D eigenvalue weighted by Gasteiger charge is -2.34. The third-order valence-electron chi connectivity index (χ3n) is 10.1. The van der Waals surface area contributed by atoms with Gasteiger partial charge in [-0.2, -0.15) is 0 Å². The van der Waals surface area contributed by atoms with Crippen LogP contribution in [0.25, 0.3) is 38.8 Å². The van der Waals surface area contributed by atoms with E-state index >= 15 is 0 Å². The first kappa shape index (κ1) is 31.9. The summed E-state index contributed by atoms with van der Waals surface area (Å²) in [6.07, 6.45) is 0. The molecule has 8 aromatic carbocycles. The molecule has 1 aliphatic heterocycles. The highest BCUT2D eigenvalue weighted by Crippen LogP contribution is 2.57. The highest BCUT2D eigenvalue weighted by Gasteiger charge is 2.32. The molecular formula is C50H35N3S. The van der Waals surface area contributed by atoms with Gasteiger partial charge in [-0.3, -0.25) is 9.47 Å². The van der Waals surface area contributed by atoms with Crippen LogP contribution in [0.1, 0.15) is 0 Å². The fraction of sp³-hybridized carbons (Fsp3) is 0. The summed E-state index contributed by atoms with van der Waals surface area (Å²) in [6.45, 7) is 0. The van der Waals surface area contributed by atoms with Crippen LogP contribution in [0.5, 0.6) is 0 Å². The van der Waals surface area contributed by atoms with E-state index in [9.17, 15) is 0 Å². The van der Waals surface area contributed by atoms with Crippen molar-refractivity contribution in [2.24, 2.45) is 0 Å². The number of rotatable bonds is 7. The van der Waals surface area contributed by atoms with E-state index < -0.39 is 0 Å². The molecule has 0 N–H and O–H groups in total. The topological polar surface area (TPSA) is 11.4 Å². The summed E-state index contributed by atoms with van der Waals surface area (Å²) in [5, 5.41) is 1.24. The largest absolute Gasteiger partial charge is 0.310 e. The molecule has 10 rings (SSSR count). The Morgan fingerprint density at radius 1 is 0.389 bits per heavy atom. The van der Waals surface area contributed by atoms with Crippen LogP contribution in [-0.4, -0.2) is 4.57 Å². The van der Waals surface area contributed by atoms with E-state index in [-0.39, 0.29) is 0 Å². The molecule has 0 aliphatic carbocycles. The molecule has 0 radical (unpaired) electrons. The molecular weight excluding hydrogens is 675 g/mol. The van der Waals surface area contributed by atoms with Crippen LogP contribution in [0.4, 0.5) is 34.3 Å². The average molecular weight is 710 g/mol. The highest BCUT2D eigenvalue weighted by atomic mass is 32.2. The van der Waals surface area contributed by atoms with Gasteiger partial charge in [0.1, 0.15) is 5.82 Å². The Labute approximate surface area is 320 Å². The predicted molar refractivity (Wildman–Crippen MR) is 228 cm³/mol. The van der Waals surface area contributed by atoms with Crippen molar-refractivity contribution in [1.29, 1.82) is 0 Å². The maximum Gasteiger partial charge on any atom is 0.137 e. The molecule has 4 heteroatoms. The van der Waals surface area contributed by atoms with Gasteiger partial charge in [0.05, 0.1) is 16.1 Å². The van der Waals surface area contributed by atoms with Gasteiger partial charge in [-0.1, -0.05) is 145 Å². The number of nitrogens with zero attached hydrogens (tertiary/aromatic N) is 3. The van der Waals surface area contributed by atoms with E-state index in [1.165, 1.54) is 42.9 Å². The number of fused-ring (bicyclic) bond motifs is 4. The van der Waals surface area contributed by atoms with Gasteiger partial charge in [-0.15, -0.1) is 0 Å². The maximum atomic E-state index is 2.44. The second-order valence-electron chi connectivity index (χ2n) is 13.4. The van der Waals surface area contributed by atoms with Crippen molar-refractivity contribution in [3.05, 3.63) is 212 Å². The van der Waals surface area contributed by atoms with Crippen LogP contribution in [0, 0.1) is 0 Å². The second kappa shape index (κ2) is 13.7. The number of benzene rings is 8.